The molecule has 248 valence electrons. The molecule has 14 N–H and O–H groups in total. The number of anilines is 2. The van der Waals surface area contributed by atoms with E-state index in [9.17, 15) is 40.2 Å². The first-order chi connectivity index (χ1) is 22.4. The smallest absolute Gasteiger partial charge is 0.251 e. The fourth-order valence-electron chi connectivity index (χ4n) is 5.22. The first-order valence-corrected chi connectivity index (χ1v) is 13.6. The van der Waals surface area contributed by atoms with Gasteiger partial charge in [-0.3, -0.25) is 9.59 Å². The second kappa shape index (κ2) is 12.3. The van der Waals surface area contributed by atoms with Gasteiger partial charge in [-0.1, -0.05) is 0 Å². The minimum Gasteiger partial charge on any atom is -0.394 e. The molecule has 6 heterocycles. The van der Waals surface area contributed by atoms with Crippen molar-refractivity contribution >= 4 is 45.5 Å². The van der Waals surface area contributed by atoms with Crippen molar-refractivity contribution in [2.24, 2.45) is 11.5 Å². The van der Waals surface area contributed by atoms with E-state index in [0.29, 0.717) is 0 Å². The SMILES string of the molecule is [2H]C1(n2cc(C(N)=O)c3c(N)nc(C)nc32)OC(CO)C(O)C1O.[2H][C@@]1(n2cc(C(N)=O)c3c(N)nc(C)nc32)O[C@H](CO)[C@@H](O)[C@H]1O. The maximum absolute atomic E-state index is 11.7. The molecule has 2 aliphatic heterocycles. The molecule has 2 aliphatic rings. The fraction of sp³-hybridized carbons (Fsp3) is 0.462. The van der Waals surface area contributed by atoms with E-state index in [1.165, 1.54) is 12.4 Å². The quantitative estimate of drug-likeness (QED) is 0.0953. The van der Waals surface area contributed by atoms with Crippen molar-refractivity contribution in [1.29, 1.82) is 0 Å². The van der Waals surface area contributed by atoms with E-state index in [0.717, 1.165) is 9.13 Å². The zero-order valence-corrected chi connectivity index (χ0v) is 24.3. The summed E-state index contributed by atoms with van der Waals surface area (Å²) in [5.74, 6) is -1.14. The topological polar surface area (TPSA) is 339 Å². The average molecular weight is 649 g/mol. The van der Waals surface area contributed by atoms with Gasteiger partial charge in [-0.2, -0.15) is 0 Å². The Morgan fingerprint density at radius 2 is 1.09 bits per heavy atom. The van der Waals surface area contributed by atoms with Crippen LogP contribution in [0, 0.1) is 13.8 Å². The number of carbonyl (C=O) groups is 2. The van der Waals surface area contributed by atoms with Crippen molar-refractivity contribution in [3.05, 3.63) is 35.2 Å². The minimum atomic E-state index is -2.23. The van der Waals surface area contributed by atoms with Gasteiger partial charge in [0.25, 0.3) is 11.8 Å². The van der Waals surface area contributed by atoms with E-state index in [4.69, 9.17) is 35.1 Å². The summed E-state index contributed by atoms with van der Waals surface area (Å²) in [7, 11) is 0. The van der Waals surface area contributed by atoms with Gasteiger partial charge >= 0.3 is 0 Å². The van der Waals surface area contributed by atoms with Crippen LogP contribution >= 0.6 is 0 Å². The van der Waals surface area contributed by atoms with Gasteiger partial charge in [-0.05, 0) is 13.8 Å². The monoisotopic (exact) mass is 648 g/mol. The summed E-state index contributed by atoms with van der Waals surface area (Å²) in [6.07, 6.45) is -10.9. The maximum atomic E-state index is 11.7. The Hall–Kier alpha value is -4.54. The number of nitrogens with two attached hydrogens (primary N) is 4. The Morgan fingerprint density at radius 3 is 1.37 bits per heavy atom. The number of rotatable bonds is 6. The molecule has 20 heteroatoms. The zero-order valence-electron chi connectivity index (χ0n) is 26.3. The average Bonchev–Trinajstić information content (AvgIpc) is 3.72. The summed E-state index contributed by atoms with van der Waals surface area (Å²) in [6.45, 7) is 1.92. The normalized spacial score (nSPS) is 31.5. The van der Waals surface area contributed by atoms with Gasteiger partial charge in [-0.15, -0.1) is 0 Å². The largest absolute Gasteiger partial charge is 0.394 e. The van der Waals surface area contributed by atoms with Crippen LogP contribution in [0.25, 0.3) is 22.1 Å². The van der Waals surface area contributed by atoms with E-state index in [1.54, 1.807) is 13.8 Å². The number of aryl methyl sites for hydroxylation is 2. The fourth-order valence-corrected chi connectivity index (χ4v) is 5.22. The van der Waals surface area contributed by atoms with Crippen LogP contribution in [0.15, 0.2) is 12.4 Å². The Kier molecular flexibility index (Phi) is 8.08. The summed E-state index contributed by atoms with van der Waals surface area (Å²) in [5, 5.41) is 59.0. The molecule has 6 rings (SSSR count). The number of aliphatic hydroxyl groups is 6. The molecule has 20 nitrogen and oxygen atoms in total. The number of nitrogens with zero attached hydrogens (tertiary/aromatic N) is 6. The Bertz CT molecular complexity index is 1790. The van der Waals surface area contributed by atoms with E-state index in [2.05, 4.69) is 19.9 Å². The number of nitrogen functional groups attached to an aromatic ring is 2. The molecule has 4 unspecified atom stereocenters. The van der Waals surface area contributed by atoms with Crippen LogP contribution < -0.4 is 22.9 Å². The highest BCUT2D eigenvalue weighted by Crippen LogP contribution is 2.36. The summed E-state index contributed by atoms with van der Waals surface area (Å²) < 4.78 is 29.6. The second-order valence-electron chi connectivity index (χ2n) is 10.5. The lowest BCUT2D eigenvalue weighted by Gasteiger charge is -2.17. The highest BCUT2D eigenvalue weighted by atomic mass is 16.6. The van der Waals surface area contributed by atoms with Crippen molar-refractivity contribution in [3.63, 3.8) is 0 Å². The van der Waals surface area contributed by atoms with E-state index < -0.39 is 74.1 Å². The number of aromatic nitrogens is 6. The molecule has 0 saturated carbocycles. The molecule has 2 fully saturated rings. The number of hydrogen-bond donors (Lipinski definition) is 10. The first kappa shape index (κ1) is 30.1. The standard InChI is InChI=1S/2C13H17N5O5/c2*1-4-16-10(14)7-5(11(15)22)2-18(12(7)17-4)13-9(21)8(20)6(3-19)23-13/h2*2,6,8-9,13,19-21H,3H2,1H3,(H2,15,22)(H2,14,16,17)/t6-,8-,9-,13-;/m1./s1/i2*13D. The third-order valence-corrected chi connectivity index (χ3v) is 7.40. The number of amides is 2. The molecule has 0 spiro atoms. The molecule has 8 atom stereocenters. The Balaban J connectivity index is 0.000000188. The predicted octanol–water partition coefficient (Wildman–Crippen LogP) is -3.94. The number of aliphatic hydroxyl groups excluding tert-OH is 6. The van der Waals surface area contributed by atoms with E-state index in [1.807, 2.05) is 0 Å². The van der Waals surface area contributed by atoms with Crippen molar-refractivity contribution in [3.8, 4) is 0 Å². The molecular weight excluding hydrogens is 612 g/mol. The van der Waals surface area contributed by atoms with Crippen LogP contribution in [-0.4, -0.2) is 121 Å². The molecule has 2 amide bonds. The molecule has 0 aromatic carbocycles. The van der Waals surface area contributed by atoms with Crippen molar-refractivity contribution in [1.82, 2.24) is 29.1 Å². The minimum absolute atomic E-state index is 0.0135. The summed E-state index contributed by atoms with van der Waals surface area (Å²) in [6, 6.07) is 0. The molecular formula is C26H34N10O10. The third kappa shape index (κ3) is 5.45. The maximum Gasteiger partial charge on any atom is 0.251 e. The summed E-state index contributed by atoms with van der Waals surface area (Å²) >= 11 is 0. The molecule has 4 aromatic rings. The number of primary amides is 2. The summed E-state index contributed by atoms with van der Waals surface area (Å²) in [4.78, 5) is 39.6. The van der Waals surface area contributed by atoms with Crippen molar-refractivity contribution in [2.45, 2.75) is 62.9 Å². The second-order valence-corrected chi connectivity index (χ2v) is 10.5. The molecule has 0 bridgehead atoms. The summed E-state index contributed by atoms with van der Waals surface area (Å²) in [5.41, 5.74) is 22.4. The van der Waals surface area contributed by atoms with Gasteiger partial charge in [0.2, 0.25) is 0 Å². The predicted molar refractivity (Wildman–Crippen MR) is 156 cm³/mol. The number of carbonyl (C=O) groups excluding carboxylic acids is 2. The Labute approximate surface area is 261 Å². The Morgan fingerprint density at radius 1 is 0.739 bits per heavy atom. The van der Waals surface area contributed by atoms with Crippen LogP contribution in [0.3, 0.4) is 0 Å². The van der Waals surface area contributed by atoms with Gasteiger partial charge in [-0.25, -0.2) is 19.9 Å². The molecule has 0 radical (unpaired) electrons. The van der Waals surface area contributed by atoms with E-state index in [-0.39, 0.29) is 56.5 Å². The number of ether oxygens (including phenoxy) is 2. The molecule has 2 saturated heterocycles. The zero-order chi connectivity index (χ0) is 35.6. The van der Waals surface area contributed by atoms with Crippen LogP contribution in [0.2, 0.25) is 0 Å². The van der Waals surface area contributed by atoms with Crippen molar-refractivity contribution < 1.29 is 52.4 Å². The van der Waals surface area contributed by atoms with Crippen LogP contribution in [0.1, 0.15) is 47.5 Å². The van der Waals surface area contributed by atoms with Gasteiger partial charge in [0, 0.05) is 12.4 Å². The highest BCUT2D eigenvalue weighted by Gasteiger charge is 2.45. The van der Waals surface area contributed by atoms with Gasteiger partial charge < -0.3 is 72.2 Å². The molecule has 0 aliphatic carbocycles. The van der Waals surface area contributed by atoms with Gasteiger partial charge in [0.05, 0.1) is 37.9 Å². The van der Waals surface area contributed by atoms with E-state index >= 15 is 0 Å². The number of hydrogen-bond acceptors (Lipinski definition) is 16. The van der Waals surface area contributed by atoms with Crippen molar-refractivity contribution in [2.75, 3.05) is 24.7 Å². The van der Waals surface area contributed by atoms with Crippen LogP contribution in [0.4, 0.5) is 11.6 Å². The third-order valence-electron chi connectivity index (χ3n) is 7.40. The molecule has 46 heavy (non-hydrogen) atoms. The van der Waals surface area contributed by atoms with Gasteiger partial charge in [0.15, 0.2) is 12.4 Å². The lowest BCUT2D eigenvalue weighted by molar-refractivity contribution is -0.0509. The lowest BCUT2D eigenvalue weighted by atomic mass is 10.1. The first-order valence-electron chi connectivity index (χ1n) is 14.6. The van der Waals surface area contributed by atoms with Crippen LogP contribution in [-0.2, 0) is 9.47 Å². The lowest BCUT2D eigenvalue weighted by Crippen LogP contribution is -2.33. The number of fused-ring (bicyclic) bond motifs is 2. The highest BCUT2D eigenvalue weighted by molar-refractivity contribution is 6.09. The van der Waals surface area contributed by atoms with Crippen LogP contribution in [0.5, 0.6) is 0 Å². The van der Waals surface area contributed by atoms with Gasteiger partial charge in [0.1, 0.15) is 71.2 Å². The molecule has 4 aromatic heterocycles.